The molecule has 3 rings (SSSR count). The number of rotatable bonds is 3. The zero-order valence-corrected chi connectivity index (χ0v) is 11.8. The molecule has 3 nitrogen and oxygen atoms in total. The number of hydrogen-bond donors (Lipinski definition) is 0. The van der Waals surface area contributed by atoms with Crippen molar-refractivity contribution < 1.29 is 14.2 Å². The topological polar surface area (TPSA) is 27.7 Å². The lowest BCUT2D eigenvalue weighted by atomic mass is 9.94. The van der Waals surface area contributed by atoms with Crippen molar-refractivity contribution in [2.75, 3.05) is 14.2 Å². The molecule has 2 aromatic rings. The third kappa shape index (κ3) is 2.14. The van der Waals surface area contributed by atoms with Crippen LogP contribution >= 0.6 is 0 Å². The first-order chi connectivity index (χ1) is 9.77. The van der Waals surface area contributed by atoms with Crippen LogP contribution in [0.5, 0.6) is 11.5 Å². The van der Waals surface area contributed by atoms with Crippen molar-refractivity contribution in [2.45, 2.75) is 18.6 Å². The van der Waals surface area contributed by atoms with Crippen LogP contribution in [0.15, 0.2) is 48.5 Å². The first kappa shape index (κ1) is 13.0. The lowest BCUT2D eigenvalue weighted by Gasteiger charge is -2.37. The largest absolute Gasteiger partial charge is 0.497 e. The Labute approximate surface area is 119 Å². The molecule has 20 heavy (non-hydrogen) atoms. The summed E-state index contributed by atoms with van der Waals surface area (Å²) in [5.74, 6) is 1.02. The Hall–Kier alpha value is -2.00. The molecule has 0 spiro atoms. The van der Waals surface area contributed by atoms with Crippen LogP contribution in [0.1, 0.15) is 17.5 Å². The molecule has 0 aliphatic carbocycles. The average molecular weight is 270 g/mol. The van der Waals surface area contributed by atoms with Gasteiger partial charge in [0.1, 0.15) is 11.5 Å². The van der Waals surface area contributed by atoms with Crippen LogP contribution in [0.25, 0.3) is 0 Å². The number of hydrogen-bond acceptors (Lipinski definition) is 3. The molecule has 0 amide bonds. The summed E-state index contributed by atoms with van der Waals surface area (Å²) in [5.41, 5.74) is 2.24. The molecule has 2 aromatic carbocycles. The van der Waals surface area contributed by atoms with Gasteiger partial charge in [0.05, 0.1) is 7.11 Å². The van der Waals surface area contributed by atoms with Crippen LogP contribution in [0.2, 0.25) is 0 Å². The zero-order chi connectivity index (χ0) is 14.0. The molecule has 1 heterocycles. The minimum absolute atomic E-state index is 0.708. The summed E-state index contributed by atoms with van der Waals surface area (Å²) in [6, 6.07) is 16.0. The van der Waals surface area contributed by atoms with Gasteiger partial charge in [0.25, 0.3) is 0 Å². The van der Waals surface area contributed by atoms with E-state index in [1.165, 1.54) is 5.56 Å². The van der Waals surface area contributed by atoms with Crippen molar-refractivity contribution in [3.63, 3.8) is 0 Å². The summed E-state index contributed by atoms with van der Waals surface area (Å²) in [6.45, 7) is 0. The quantitative estimate of drug-likeness (QED) is 0.854. The third-order valence-electron chi connectivity index (χ3n) is 3.83. The average Bonchev–Trinajstić information content (AvgIpc) is 2.54. The SMILES string of the molecule is COc1ccc(C2(OC)CCc3ccccc3O2)cc1. The zero-order valence-electron chi connectivity index (χ0n) is 11.8. The summed E-state index contributed by atoms with van der Waals surface area (Å²) in [6.07, 6.45) is 1.74. The van der Waals surface area contributed by atoms with Crippen molar-refractivity contribution in [1.82, 2.24) is 0 Å². The Morgan fingerprint density at radius 1 is 1.00 bits per heavy atom. The molecular formula is C17H18O3. The molecule has 1 aliphatic heterocycles. The Balaban J connectivity index is 1.96. The second-order valence-electron chi connectivity index (χ2n) is 4.90. The highest BCUT2D eigenvalue weighted by Crippen LogP contribution is 2.40. The Morgan fingerprint density at radius 2 is 1.75 bits per heavy atom. The van der Waals surface area contributed by atoms with Crippen molar-refractivity contribution in [1.29, 1.82) is 0 Å². The molecule has 0 saturated heterocycles. The molecule has 1 atom stereocenters. The van der Waals surface area contributed by atoms with Gasteiger partial charge in [0, 0.05) is 19.1 Å². The van der Waals surface area contributed by atoms with Crippen LogP contribution in [-0.4, -0.2) is 14.2 Å². The van der Waals surface area contributed by atoms with Gasteiger partial charge in [-0.3, -0.25) is 0 Å². The molecule has 0 radical (unpaired) electrons. The Morgan fingerprint density at radius 3 is 2.45 bits per heavy atom. The van der Waals surface area contributed by atoms with Crippen LogP contribution < -0.4 is 9.47 Å². The summed E-state index contributed by atoms with van der Waals surface area (Å²) in [4.78, 5) is 0. The van der Waals surface area contributed by atoms with Crippen LogP contribution in [0.4, 0.5) is 0 Å². The molecule has 104 valence electrons. The number of methoxy groups -OCH3 is 2. The van der Waals surface area contributed by atoms with E-state index in [0.29, 0.717) is 0 Å². The van der Waals surface area contributed by atoms with E-state index >= 15 is 0 Å². The molecule has 0 fully saturated rings. The van der Waals surface area contributed by atoms with Crippen molar-refractivity contribution in [3.8, 4) is 11.5 Å². The van der Waals surface area contributed by atoms with E-state index in [0.717, 1.165) is 29.9 Å². The lowest BCUT2D eigenvalue weighted by Crippen LogP contribution is -2.38. The minimum atomic E-state index is -0.708. The van der Waals surface area contributed by atoms with Crippen molar-refractivity contribution >= 4 is 0 Å². The summed E-state index contributed by atoms with van der Waals surface area (Å²) in [7, 11) is 3.35. The van der Waals surface area contributed by atoms with Gasteiger partial charge in [0.15, 0.2) is 0 Å². The minimum Gasteiger partial charge on any atom is -0.497 e. The maximum atomic E-state index is 6.17. The fourth-order valence-electron chi connectivity index (χ4n) is 2.65. The van der Waals surface area contributed by atoms with Gasteiger partial charge in [-0.05, 0) is 42.3 Å². The fraction of sp³-hybridized carbons (Fsp3) is 0.294. The van der Waals surface area contributed by atoms with Gasteiger partial charge < -0.3 is 14.2 Å². The second-order valence-corrected chi connectivity index (χ2v) is 4.90. The number of aryl methyl sites for hydroxylation is 1. The maximum Gasteiger partial charge on any atom is 0.237 e. The van der Waals surface area contributed by atoms with Crippen LogP contribution in [0.3, 0.4) is 0 Å². The van der Waals surface area contributed by atoms with Gasteiger partial charge >= 0.3 is 0 Å². The molecular weight excluding hydrogens is 252 g/mol. The second kappa shape index (κ2) is 5.17. The fourth-order valence-corrected chi connectivity index (χ4v) is 2.65. The highest BCUT2D eigenvalue weighted by molar-refractivity contribution is 5.38. The summed E-state index contributed by atoms with van der Waals surface area (Å²) < 4.78 is 17.1. The third-order valence-corrected chi connectivity index (χ3v) is 3.83. The molecule has 1 aliphatic rings. The number of ether oxygens (including phenoxy) is 3. The van der Waals surface area contributed by atoms with Crippen molar-refractivity contribution in [3.05, 3.63) is 59.7 Å². The molecule has 3 heteroatoms. The maximum absolute atomic E-state index is 6.17. The van der Waals surface area contributed by atoms with E-state index in [-0.39, 0.29) is 0 Å². The monoisotopic (exact) mass is 270 g/mol. The van der Waals surface area contributed by atoms with E-state index in [1.54, 1.807) is 14.2 Å². The van der Waals surface area contributed by atoms with Crippen molar-refractivity contribution in [2.24, 2.45) is 0 Å². The van der Waals surface area contributed by atoms with Gasteiger partial charge in [-0.2, -0.15) is 0 Å². The molecule has 0 aromatic heterocycles. The summed E-state index contributed by atoms with van der Waals surface area (Å²) >= 11 is 0. The molecule has 0 bridgehead atoms. The summed E-state index contributed by atoms with van der Waals surface area (Å²) in [5, 5.41) is 0. The van der Waals surface area contributed by atoms with E-state index in [4.69, 9.17) is 14.2 Å². The van der Waals surface area contributed by atoms with E-state index in [2.05, 4.69) is 6.07 Å². The highest BCUT2D eigenvalue weighted by Gasteiger charge is 2.38. The predicted octanol–water partition coefficient (Wildman–Crippen LogP) is 3.52. The Bertz CT molecular complexity index is 591. The Kier molecular flexibility index (Phi) is 3.36. The number of fused-ring (bicyclic) bond motifs is 1. The smallest absolute Gasteiger partial charge is 0.237 e. The molecule has 1 unspecified atom stereocenters. The first-order valence-electron chi connectivity index (χ1n) is 6.74. The highest BCUT2D eigenvalue weighted by atomic mass is 16.7. The predicted molar refractivity (Wildman–Crippen MR) is 77.1 cm³/mol. The molecule has 0 N–H and O–H groups in total. The number of benzene rings is 2. The van der Waals surface area contributed by atoms with Gasteiger partial charge in [-0.15, -0.1) is 0 Å². The standard InChI is InChI=1S/C17H18O3/c1-18-15-9-7-14(8-10-15)17(19-2)12-11-13-5-3-4-6-16(13)20-17/h3-10H,11-12H2,1-2H3. The van der Waals surface area contributed by atoms with Gasteiger partial charge in [-0.1, -0.05) is 18.2 Å². The van der Waals surface area contributed by atoms with Crippen LogP contribution in [0, 0.1) is 0 Å². The van der Waals surface area contributed by atoms with E-state index in [1.807, 2.05) is 42.5 Å². The number of para-hydroxylation sites is 1. The van der Waals surface area contributed by atoms with E-state index in [9.17, 15) is 0 Å². The van der Waals surface area contributed by atoms with E-state index < -0.39 is 5.79 Å². The van der Waals surface area contributed by atoms with Gasteiger partial charge in [0.2, 0.25) is 5.79 Å². The van der Waals surface area contributed by atoms with Gasteiger partial charge in [-0.25, -0.2) is 0 Å². The van der Waals surface area contributed by atoms with Crippen LogP contribution in [-0.2, 0) is 16.9 Å². The molecule has 0 saturated carbocycles. The lowest BCUT2D eigenvalue weighted by molar-refractivity contribution is -0.183. The normalized spacial score (nSPS) is 20.9. The first-order valence-corrected chi connectivity index (χ1v) is 6.74.